The Balaban J connectivity index is 1.44. The van der Waals surface area contributed by atoms with E-state index in [0.29, 0.717) is 24.4 Å². The predicted molar refractivity (Wildman–Crippen MR) is 128 cm³/mol. The van der Waals surface area contributed by atoms with Gasteiger partial charge in [-0.15, -0.1) is 0 Å². The summed E-state index contributed by atoms with van der Waals surface area (Å²) in [5, 5.41) is 3.75. The molecule has 0 bridgehead atoms. The summed E-state index contributed by atoms with van der Waals surface area (Å²) < 4.78 is 11.2. The van der Waals surface area contributed by atoms with Gasteiger partial charge in [0.25, 0.3) is 0 Å². The lowest BCUT2D eigenvalue weighted by atomic mass is 10.1. The average molecular weight is 460 g/mol. The van der Waals surface area contributed by atoms with Crippen LogP contribution in [-0.4, -0.2) is 41.9 Å². The number of hydrogen-bond donors (Lipinski definition) is 2. The van der Waals surface area contributed by atoms with Gasteiger partial charge < -0.3 is 19.4 Å². The summed E-state index contributed by atoms with van der Waals surface area (Å²) in [6.45, 7) is 9.34. The highest BCUT2D eigenvalue weighted by molar-refractivity contribution is 5.97. The number of amidine groups is 1. The molecule has 0 saturated carbocycles. The van der Waals surface area contributed by atoms with Gasteiger partial charge in [0.05, 0.1) is 6.54 Å². The summed E-state index contributed by atoms with van der Waals surface area (Å²) >= 11 is 0. The number of likely N-dealkylation sites (tertiary alicyclic amines) is 1. The number of para-hydroxylation sites is 1. The van der Waals surface area contributed by atoms with Crippen LogP contribution in [-0.2, 0) is 9.59 Å². The monoisotopic (exact) mass is 459 g/mol. The molecule has 1 unspecified atom stereocenters. The van der Waals surface area contributed by atoms with Crippen LogP contribution in [0.25, 0.3) is 15.9 Å². The third kappa shape index (κ3) is 5.72. The van der Waals surface area contributed by atoms with Gasteiger partial charge in [0, 0.05) is 17.6 Å². The van der Waals surface area contributed by atoms with Crippen LogP contribution in [0.2, 0.25) is 0 Å². The van der Waals surface area contributed by atoms with Crippen LogP contribution in [0.5, 0.6) is 5.75 Å². The van der Waals surface area contributed by atoms with Crippen molar-refractivity contribution >= 4 is 34.5 Å². The minimum atomic E-state index is -0.742. The molecule has 174 valence electrons. The number of rotatable bonds is 5. The first-order valence-corrected chi connectivity index (χ1v) is 11.0. The molecule has 2 heterocycles. The number of aliphatic imine (C=N–C) groups is 1. The Bertz CT molecular complexity index is 1250. The zero-order valence-electron chi connectivity index (χ0n) is 18.8. The maximum Gasteiger partial charge on any atom is 0.358 e. The fraction of sp³-hybridized carbons (Fsp3) is 0.280. The Morgan fingerprint density at radius 2 is 2.06 bits per heavy atom. The van der Waals surface area contributed by atoms with Crippen molar-refractivity contribution in [3.8, 4) is 5.75 Å². The second-order valence-corrected chi connectivity index (χ2v) is 8.00. The van der Waals surface area contributed by atoms with Gasteiger partial charge in [0.1, 0.15) is 23.1 Å². The highest BCUT2D eigenvalue weighted by atomic mass is 16.5. The molecule has 34 heavy (non-hydrogen) atoms. The smallest absolute Gasteiger partial charge is 0.358 e. The summed E-state index contributed by atoms with van der Waals surface area (Å²) in [5.41, 5.74) is 3.77. The van der Waals surface area contributed by atoms with Gasteiger partial charge in [-0.2, -0.15) is 11.5 Å². The summed E-state index contributed by atoms with van der Waals surface area (Å²) in [7, 11) is 0. The summed E-state index contributed by atoms with van der Waals surface area (Å²) in [4.78, 5) is 34.9. The first-order chi connectivity index (χ1) is 16.5. The Kier molecular flexibility index (Phi) is 7.08. The number of nitrogens with one attached hydrogen (secondary N) is 2. The molecule has 1 aliphatic heterocycles. The maximum absolute atomic E-state index is 13.2. The van der Waals surface area contributed by atoms with Gasteiger partial charge in [-0.3, -0.25) is 9.59 Å². The number of furan rings is 1. The summed E-state index contributed by atoms with van der Waals surface area (Å²) in [6, 6.07) is 15.4. The number of fused-ring (bicyclic) bond motifs is 1. The zero-order chi connectivity index (χ0) is 23.9. The van der Waals surface area contributed by atoms with E-state index in [1.54, 1.807) is 36.4 Å². The third-order valence-corrected chi connectivity index (χ3v) is 5.39. The second kappa shape index (κ2) is 10.5. The molecule has 1 fully saturated rings. The van der Waals surface area contributed by atoms with E-state index >= 15 is 0 Å². The van der Waals surface area contributed by atoms with Crippen molar-refractivity contribution in [3.05, 3.63) is 71.9 Å². The second-order valence-electron chi connectivity index (χ2n) is 8.00. The number of carbonyl (C=O) groups excluding carboxylic acids is 2. The van der Waals surface area contributed by atoms with Crippen molar-refractivity contribution in [1.29, 1.82) is 0 Å². The van der Waals surface area contributed by atoms with E-state index in [1.165, 1.54) is 4.90 Å². The van der Waals surface area contributed by atoms with Crippen LogP contribution >= 0.6 is 0 Å². The molecule has 2 N–H and O–H groups in total. The maximum atomic E-state index is 13.2. The molecule has 4 rings (SSSR count). The number of benzene rings is 2. The van der Waals surface area contributed by atoms with E-state index in [0.717, 1.165) is 29.6 Å². The molecule has 2 amide bonds. The van der Waals surface area contributed by atoms with E-state index in [1.807, 2.05) is 25.1 Å². The molecule has 0 aliphatic carbocycles. The number of anilines is 1. The molecule has 0 radical (unpaired) electrons. The Morgan fingerprint density at radius 1 is 1.24 bits per heavy atom. The minimum Gasteiger partial charge on any atom is -0.461 e. The first kappa shape index (κ1) is 22.9. The largest absolute Gasteiger partial charge is 0.461 e. The fourth-order valence-corrected chi connectivity index (χ4v) is 3.86. The number of amides is 2. The molecular weight excluding hydrogens is 434 g/mol. The Morgan fingerprint density at radius 3 is 2.85 bits per heavy atom. The molecule has 1 aromatic heterocycles. The van der Waals surface area contributed by atoms with E-state index in [-0.39, 0.29) is 24.4 Å². The standard InChI is InChI=1S/C25H25N5O4/c1-17-14-18-15-19(11-12-22(18)33-17)27-23(31)16-30-13-7-6-10-21(24(30)32)28-25(29-26-2)34-20-8-4-3-5-9-20/h3-5,8-9,11-12,14-15,21H,6-7,10,13,16H2,1H3,(H,27,31)(H,28,29). The first-order valence-electron chi connectivity index (χ1n) is 11.0. The summed E-state index contributed by atoms with van der Waals surface area (Å²) in [5.74, 6) is 0.732. The molecule has 2 aromatic carbocycles. The van der Waals surface area contributed by atoms with Crippen molar-refractivity contribution in [2.75, 3.05) is 18.4 Å². The number of nitrogens with zero attached hydrogens (tertiary/aromatic N) is 3. The third-order valence-electron chi connectivity index (χ3n) is 5.39. The molecule has 0 spiro atoms. The molecule has 1 saturated heterocycles. The fourth-order valence-electron chi connectivity index (χ4n) is 3.86. The van der Waals surface area contributed by atoms with Crippen molar-refractivity contribution < 1.29 is 18.7 Å². The van der Waals surface area contributed by atoms with E-state index in [4.69, 9.17) is 15.7 Å². The van der Waals surface area contributed by atoms with E-state index < -0.39 is 6.04 Å². The quantitative estimate of drug-likeness (QED) is 0.261. The van der Waals surface area contributed by atoms with Gasteiger partial charge in [0.15, 0.2) is 0 Å². The lowest BCUT2D eigenvalue weighted by molar-refractivity contribution is -0.135. The predicted octanol–water partition coefficient (Wildman–Crippen LogP) is 3.92. The molecule has 1 atom stereocenters. The van der Waals surface area contributed by atoms with Crippen molar-refractivity contribution in [1.82, 2.24) is 10.3 Å². The molecule has 3 aromatic rings. The van der Waals surface area contributed by atoms with Crippen LogP contribution in [0.15, 0.2) is 64.0 Å². The lowest BCUT2D eigenvalue weighted by Gasteiger charge is -2.22. The van der Waals surface area contributed by atoms with Crippen LogP contribution in [0.3, 0.4) is 0 Å². The van der Waals surface area contributed by atoms with Crippen molar-refractivity contribution in [2.24, 2.45) is 4.99 Å². The lowest BCUT2D eigenvalue weighted by Crippen LogP contribution is -2.42. The topological polar surface area (TPSA) is 101 Å². The van der Waals surface area contributed by atoms with E-state index in [9.17, 15) is 9.59 Å². The zero-order valence-corrected chi connectivity index (χ0v) is 18.8. The summed E-state index contributed by atoms with van der Waals surface area (Å²) in [6.07, 6.45) is 2.04. The Labute approximate surface area is 197 Å². The van der Waals surface area contributed by atoms with Crippen LogP contribution < -0.4 is 15.5 Å². The van der Waals surface area contributed by atoms with Crippen LogP contribution in [0, 0.1) is 13.5 Å². The van der Waals surface area contributed by atoms with Gasteiger partial charge in [-0.1, -0.05) is 18.2 Å². The number of hydrogen-bond acceptors (Lipinski definition) is 5. The Hall–Kier alpha value is -4.32. The molecule has 9 heteroatoms. The normalized spacial score (nSPS) is 16.6. The van der Waals surface area contributed by atoms with Crippen molar-refractivity contribution in [3.63, 3.8) is 0 Å². The number of ether oxygens (including phenoxy) is 1. The average Bonchev–Trinajstić information content (AvgIpc) is 3.11. The minimum absolute atomic E-state index is 0.0467. The SMILES string of the molecule is [C-]#[N+]NC(=NC1CCCCN(CC(=O)Nc2ccc3oc(C)cc3c2)C1=O)Oc1ccccc1. The highest BCUT2D eigenvalue weighted by Gasteiger charge is 2.29. The van der Waals surface area contributed by atoms with Crippen LogP contribution in [0.1, 0.15) is 25.0 Å². The molecule has 1 aliphatic rings. The number of aryl methyl sites for hydroxylation is 1. The van der Waals surface area contributed by atoms with Crippen molar-refractivity contribution in [2.45, 2.75) is 32.2 Å². The van der Waals surface area contributed by atoms with Crippen LogP contribution in [0.4, 0.5) is 5.69 Å². The molecular formula is C25H25N5O4. The molecule has 9 nitrogen and oxygen atoms in total. The van der Waals surface area contributed by atoms with Gasteiger partial charge in [-0.05, 0) is 68.0 Å². The van der Waals surface area contributed by atoms with Gasteiger partial charge in [0.2, 0.25) is 11.8 Å². The number of carbonyl (C=O) groups is 2. The highest BCUT2D eigenvalue weighted by Crippen LogP contribution is 2.23. The van der Waals surface area contributed by atoms with Gasteiger partial charge >= 0.3 is 6.02 Å². The van der Waals surface area contributed by atoms with E-state index in [2.05, 4.69) is 20.7 Å². The van der Waals surface area contributed by atoms with Gasteiger partial charge in [-0.25, -0.2) is 4.99 Å².